The molecule has 0 saturated carbocycles. The number of benzene rings is 2. The number of carbonyl (C=O) groups is 2. The van der Waals surface area contributed by atoms with Crippen LogP contribution >= 0.6 is 11.9 Å². The van der Waals surface area contributed by atoms with Crippen LogP contribution in [-0.2, 0) is 14.3 Å². The van der Waals surface area contributed by atoms with Gasteiger partial charge in [-0.1, -0.05) is 36.4 Å². The Morgan fingerprint density at radius 1 is 1.08 bits per heavy atom. The summed E-state index contributed by atoms with van der Waals surface area (Å²) in [5.74, 6) is -0.666. The fourth-order valence-corrected chi connectivity index (χ4v) is 5.00. The van der Waals surface area contributed by atoms with Gasteiger partial charge in [-0.3, -0.25) is 13.9 Å². The monoisotopic (exact) mass is 338 g/mol. The number of carbonyl (C=O) groups excluding carboxylic acids is 2. The zero-order chi connectivity index (χ0) is 17.1. The largest absolute Gasteiger partial charge is 0.324 e. The van der Waals surface area contributed by atoms with Gasteiger partial charge in [-0.05, 0) is 48.6 Å². The second-order valence-electron chi connectivity index (χ2n) is 6.44. The number of hydrogen-bond acceptors (Lipinski definition) is 3. The molecule has 2 amide bonds. The van der Waals surface area contributed by atoms with Gasteiger partial charge in [0, 0.05) is 18.3 Å². The first-order valence-corrected chi connectivity index (χ1v) is 8.67. The molecule has 1 fully saturated rings. The van der Waals surface area contributed by atoms with E-state index in [1.54, 1.807) is 11.4 Å². The molecule has 2 aliphatic rings. The van der Waals surface area contributed by atoms with Crippen LogP contribution in [-0.4, -0.2) is 23.2 Å². The molecule has 0 aliphatic carbocycles. The number of nitrogens with zero attached hydrogens (tertiary/aromatic N) is 1. The number of para-hydroxylation sites is 1. The normalized spacial score (nSPS) is 25.3. The lowest BCUT2D eigenvalue weighted by molar-refractivity contribution is -0.128. The predicted molar refractivity (Wildman–Crippen MR) is 95.8 cm³/mol. The number of anilines is 1. The minimum absolute atomic E-state index is 0.0323. The molecule has 2 aliphatic heterocycles. The van der Waals surface area contributed by atoms with E-state index in [4.69, 9.17) is 0 Å². The molecule has 4 rings (SSSR count). The molecule has 0 radical (unpaired) electrons. The third kappa shape index (κ3) is 1.88. The highest BCUT2D eigenvalue weighted by molar-refractivity contribution is 7.99. The Labute approximate surface area is 145 Å². The van der Waals surface area contributed by atoms with Gasteiger partial charge in [0.1, 0.15) is 0 Å². The van der Waals surface area contributed by atoms with Crippen LogP contribution in [0.2, 0.25) is 0 Å². The number of amides is 2. The van der Waals surface area contributed by atoms with Crippen LogP contribution in [0.15, 0.2) is 42.5 Å². The van der Waals surface area contributed by atoms with E-state index >= 15 is 0 Å². The summed E-state index contributed by atoms with van der Waals surface area (Å²) >= 11 is 1.32. The van der Waals surface area contributed by atoms with Gasteiger partial charge in [0.15, 0.2) is 4.75 Å². The maximum Gasteiger partial charge on any atom is 0.248 e. The van der Waals surface area contributed by atoms with Gasteiger partial charge in [0.2, 0.25) is 11.8 Å². The van der Waals surface area contributed by atoms with Crippen LogP contribution in [0, 0.1) is 13.8 Å². The standard InChI is InChI=1S/C19H18N2O2S/c1-11-8-9-13(10-12(11)2)16-17(22)21(3)24-19(16)14-6-4-5-7-15(14)20-18(19)23/h4-10,16H,1-3H3,(H,20,23)/t16-,19+/m0/s1. The second-order valence-corrected chi connectivity index (χ2v) is 7.81. The molecule has 1 N–H and O–H groups in total. The molecule has 2 atom stereocenters. The highest BCUT2D eigenvalue weighted by Crippen LogP contribution is 2.60. The second kappa shape index (κ2) is 5.11. The van der Waals surface area contributed by atoms with Crippen LogP contribution in [0.5, 0.6) is 0 Å². The average molecular weight is 338 g/mol. The van der Waals surface area contributed by atoms with Crippen molar-refractivity contribution >= 4 is 29.4 Å². The average Bonchev–Trinajstić information content (AvgIpc) is 2.98. The molecule has 0 aromatic heterocycles. The Kier molecular flexibility index (Phi) is 3.25. The van der Waals surface area contributed by atoms with Crippen molar-refractivity contribution in [1.29, 1.82) is 0 Å². The molecule has 2 heterocycles. The molecule has 122 valence electrons. The predicted octanol–water partition coefficient (Wildman–Crippen LogP) is 3.35. The Morgan fingerprint density at radius 3 is 2.58 bits per heavy atom. The topological polar surface area (TPSA) is 49.4 Å². The first-order valence-electron chi connectivity index (χ1n) is 7.90. The van der Waals surface area contributed by atoms with Crippen molar-refractivity contribution in [3.05, 3.63) is 64.7 Å². The summed E-state index contributed by atoms with van der Waals surface area (Å²) in [6, 6.07) is 13.7. The highest BCUT2D eigenvalue weighted by atomic mass is 32.2. The fraction of sp³-hybridized carbons (Fsp3) is 0.263. The van der Waals surface area contributed by atoms with Crippen molar-refractivity contribution in [3.63, 3.8) is 0 Å². The van der Waals surface area contributed by atoms with Crippen molar-refractivity contribution in [1.82, 2.24) is 4.31 Å². The third-order valence-electron chi connectivity index (χ3n) is 5.02. The number of nitrogens with one attached hydrogen (secondary N) is 1. The molecule has 1 spiro atoms. The van der Waals surface area contributed by atoms with E-state index in [2.05, 4.69) is 5.32 Å². The van der Waals surface area contributed by atoms with Gasteiger partial charge in [0.25, 0.3) is 0 Å². The third-order valence-corrected chi connectivity index (χ3v) is 6.40. The summed E-state index contributed by atoms with van der Waals surface area (Å²) < 4.78 is 0.672. The Hall–Kier alpha value is -2.27. The van der Waals surface area contributed by atoms with Crippen molar-refractivity contribution < 1.29 is 9.59 Å². The van der Waals surface area contributed by atoms with Gasteiger partial charge < -0.3 is 5.32 Å². The van der Waals surface area contributed by atoms with Gasteiger partial charge in [0.05, 0.1) is 5.92 Å². The van der Waals surface area contributed by atoms with E-state index < -0.39 is 10.7 Å². The first kappa shape index (κ1) is 15.3. The first-order chi connectivity index (χ1) is 11.4. The van der Waals surface area contributed by atoms with E-state index in [9.17, 15) is 9.59 Å². The van der Waals surface area contributed by atoms with E-state index in [1.165, 1.54) is 17.5 Å². The molecule has 2 aromatic carbocycles. The SMILES string of the molecule is Cc1ccc([C@H]2C(=O)N(C)S[C@@]23C(=O)Nc2ccccc23)cc1C. The summed E-state index contributed by atoms with van der Waals surface area (Å²) in [7, 11) is 1.74. The van der Waals surface area contributed by atoms with Crippen LogP contribution in [0.25, 0.3) is 0 Å². The van der Waals surface area contributed by atoms with Gasteiger partial charge in [-0.2, -0.15) is 0 Å². The summed E-state index contributed by atoms with van der Waals surface area (Å²) in [4.78, 5) is 25.9. The van der Waals surface area contributed by atoms with E-state index in [1.807, 2.05) is 56.3 Å². The summed E-state index contributed by atoms with van der Waals surface area (Å²) in [5.41, 5.74) is 4.89. The summed E-state index contributed by atoms with van der Waals surface area (Å²) in [6.07, 6.45) is 0. The molecular formula is C19H18N2O2S. The van der Waals surface area contributed by atoms with Crippen molar-refractivity contribution in [2.24, 2.45) is 0 Å². The van der Waals surface area contributed by atoms with Crippen LogP contribution in [0.3, 0.4) is 0 Å². The highest BCUT2D eigenvalue weighted by Gasteiger charge is 2.62. The number of aryl methyl sites for hydroxylation is 2. The molecule has 1 saturated heterocycles. The molecule has 2 aromatic rings. The molecular weight excluding hydrogens is 320 g/mol. The van der Waals surface area contributed by atoms with E-state index in [0.29, 0.717) is 0 Å². The lowest BCUT2D eigenvalue weighted by atomic mass is 9.80. The fourth-order valence-electron chi connectivity index (χ4n) is 3.62. The quantitative estimate of drug-likeness (QED) is 0.811. The molecule has 5 heteroatoms. The number of fused-ring (bicyclic) bond motifs is 2. The van der Waals surface area contributed by atoms with E-state index in [0.717, 1.165) is 22.4 Å². The Bertz CT molecular complexity index is 879. The zero-order valence-electron chi connectivity index (χ0n) is 13.8. The van der Waals surface area contributed by atoms with Gasteiger partial charge in [-0.15, -0.1) is 0 Å². The zero-order valence-corrected chi connectivity index (χ0v) is 14.6. The molecule has 24 heavy (non-hydrogen) atoms. The van der Waals surface area contributed by atoms with Crippen molar-refractivity contribution in [3.8, 4) is 0 Å². The maximum atomic E-state index is 13.0. The van der Waals surface area contributed by atoms with E-state index in [-0.39, 0.29) is 11.8 Å². The molecule has 0 unspecified atom stereocenters. The summed E-state index contributed by atoms with van der Waals surface area (Å²) in [6.45, 7) is 4.08. The van der Waals surface area contributed by atoms with Gasteiger partial charge >= 0.3 is 0 Å². The van der Waals surface area contributed by atoms with Gasteiger partial charge in [-0.25, -0.2) is 0 Å². The minimum Gasteiger partial charge on any atom is -0.324 e. The maximum absolute atomic E-state index is 13.0. The summed E-state index contributed by atoms with van der Waals surface area (Å²) in [5, 5.41) is 2.96. The Balaban J connectivity index is 1.95. The van der Waals surface area contributed by atoms with Crippen LogP contribution in [0.4, 0.5) is 5.69 Å². The number of rotatable bonds is 1. The molecule has 0 bridgehead atoms. The smallest absolute Gasteiger partial charge is 0.248 e. The van der Waals surface area contributed by atoms with Crippen LogP contribution in [0.1, 0.15) is 28.2 Å². The lowest BCUT2D eigenvalue weighted by Gasteiger charge is -2.26. The lowest BCUT2D eigenvalue weighted by Crippen LogP contribution is -2.36. The minimum atomic E-state index is -0.926. The number of likely N-dealkylation sites (N-methyl/N-ethyl adjacent to an activating group) is 1. The van der Waals surface area contributed by atoms with Crippen molar-refractivity contribution in [2.45, 2.75) is 24.5 Å². The van der Waals surface area contributed by atoms with Crippen LogP contribution < -0.4 is 5.32 Å². The van der Waals surface area contributed by atoms with Crippen molar-refractivity contribution in [2.75, 3.05) is 12.4 Å². The Morgan fingerprint density at radius 2 is 1.83 bits per heavy atom. The number of hydrogen-bond donors (Lipinski definition) is 1. The molecule has 4 nitrogen and oxygen atoms in total.